The number of carbonyl (C=O) groups excluding carboxylic acids is 1. The molecule has 4 nitrogen and oxygen atoms in total. The molecule has 0 aromatic heterocycles. The summed E-state index contributed by atoms with van der Waals surface area (Å²) in [5, 5.41) is 0. The van der Waals surface area contributed by atoms with E-state index in [1.165, 1.54) is 5.56 Å². The molecule has 31 heavy (non-hydrogen) atoms. The lowest BCUT2D eigenvalue weighted by molar-refractivity contribution is -0.142. The molecule has 0 N–H and O–H groups in total. The van der Waals surface area contributed by atoms with Crippen LogP contribution in [-0.4, -0.2) is 19.2 Å². The van der Waals surface area contributed by atoms with Crippen LogP contribution in [0.1, 0.15) is 36.1 Å². The number of carbonyl (C=O) groups is 1. The zero-order valence-electron chi connectivity index (χ0n) is 18.0. The second kappa shape index (κ2) is 11.6. The third kappa shape index (κ3) is 6.75. The molecule has 160 valence electrons. The van der Waals surface area contributed by atoms with Crippen molar-refractivity contribution in [3.05, 3.63) is 107 Å². The zero-order chi connectivity index (χ0) is 21.9. The largest absolute Gasteiger partial charge is 0.489 e. The Balaban J connectivity index is 1.90. The predicted octanol–water partition coefficient (Wildman–Crippen LogP) is 5.80. The van der Waals surface area contributed by atoms with E-state index in [1.54, 1.807) is 13.0 Å². The van der Waals surface area contributed by atoms with E-state index in [0.29, 0.717) is 19.8 Å². The van der Waals surface area contributed by atoms with Crippen LogP contribution < -0.4 is 4.74 Å². The van der Waals surface area contributed by atoms with E-state index in [1.807, 2.05) is 73.7 Å². The Kier molecular flexibility index (Phi) is 8.29. The van der Waals surface area contributed by atoms with Gasteiger partial charge in [0.15, 0.2) is 0 Å². The van der Waals surface area contributed by atoms with Crippen molar-refractivity contribution < 1.29 is 19.0 Å². The molecule has 0 aliphatic rings. The summed E-state index contributed by atoms with van der Waals surface area (Å²) in [6.07, 6.45) is 2.45. The molecule has 0 unspecified atom stereocenters. The summed E-state index contributed by atoms with van der Waals surface area (Å²) in [4.78, 5) is 12.2. The minimum absolute atomic E-state index is 0.189. The Hall–Kier alpha value is -3.53. The Morgan fingerprint density at radius 1 is 0.806 bits per heavy atom. The number of benzene rings is 3. The van der Waals surface area contributed by atoms with Gasteiger partial charge in [-0.3, -0.25) is 0 Å². The van der Waals surface area contributed by atoms with Gasteiger partial charge in [-0.25, -0.2) is 4.79 Å². The lowest BCUT2D eigenvalue weighted by atomic mass is 10.0. The van der Waals surface area contributed by atoms with Crippen molar-refractivity contribution >= 4 is 12.0 Å². The first-order chi connectivity index (χ1) is 15.2. The molecule has 0 atom stereocenters. The van der Waals surface area contributed by atoms with E-state index in [2.05, 4.69) is 12.1 Å². The third-order valence-corrected chi connectivity index (χ3v) is 4.64. The maximum absolute atomic E-state index is 12.2. The fraction of sp³-hybridized carbons (Fsp3) is 0.222. The summed E-state index contributed by atoms with van der Waals surface area (Å²) in [5.41, 5.74) is 4.19. The summed E-state index contributed by atoms with van der Waals surface area (Å²) in [5.74, 6) is 0.500. The molecule has 3 aromatic rings. The fourth-order valence-corrected chi connectivity index (χ4v) is 3.16. The fourth-order valence-electron chi connectivity index (χ4n) is 3.16. The normalized spacial score (nSPS) is 11.1. The van der Waals surface area contributed by atoms with Crippen LogP contribution in [-0.2, 0) is 27.3 Å². The molecule has 0 radical (unpaired) electrons. The van der Waals surface area contributed by atoms with Gasteiger partial charge in [-0.05, 0) is 48.2 Å². The van der Waals surface area contributed by atoms with E-state index in [-0.39, 0.29) is 5.76 Å². The number of esters is 1. The summed E-state index contributed by atoms with van der Waals surface area (Å²) in [6.45, 7) is 4.75. The van der Waals surface area contributed by atoms with Crippen molar-refractivity contribution in [2.75, 3.05) is 13.2 Å². The van der Waals surface area contributed by atoms with Crippen LogP contribution in [0.25, 0.3) is 6.08 Å². The Bertz CT molecular complexity index is 994. The molecule has 0 fully saturated rings. The van der Waals surface area contributed by atoms with Crippen molar-refractivity contribution in [1.82, 2.24) is 0 Å². The molecule has 0 saturated carbocycles. The van der Waals surface area contributed by atoms with Gasteiger partial charge in [-0.15, -0.1) is 0 Å². The van der Waals surface area contributed by atoms with Crippen molar-refractivity contribution in [3.63, 3.8) is 0 Å². The molecule has 0 spiro atoms. The smallest absolute Gasteiger partial charge is 0.373 e. The first kappa shape index (κ1) is 22.2. The van der Waals surface area contributed by atoms with Crippen molar-refractivity contribution in [3.8, 4) is 5.75 Å². The maximum atomic E-state index is 12.2. The molecular weight excluding hydrogens is 388 g/mol. The Morgan fingerprint density at radius 3 is 2.10 bits per heavy atom. The lowest BCUT2D eigenvalue weighted by Gasteiger charge is -2.14. The quantitative estimate of drug-likeness (QED) is 0.238. The number of hydrogen-bond acceptors (Lipinski definition) is 4. The van der Waals surface area contributed by atoms with Gasteiger partial charge in [0, 0.05) is 6.42 Å². The maximum Gasteiger partial charge on any atom is 0.373 e. The van der Waals surface area contributed by atoms with E-state index in [0.717, 1.165) is 28.9 Å². The minimum atomic E-state index is -0.468. The minimum Gasteiger partial charge on any atom is -0.489 e. The molecule has 0 aliphatic carbocycles. The van der Waals surface area contributed by atoms with Crippen molar-refractivity contribution in [2.24, 2.45) is 0 Å². The molecule has 3 aromatic carbocycles. The number of hydrogen-bond donors (Lipinski definition) is 0. The van der Waals surface area contributed by atoms with Gasteiger partial charge < -0.3 is 14.2 Å². The number of ether oxygens (including phenoxy) is 3. The molecule has 0 bridgehead atoms. The van der Waals surface area contributed by atoms with Crippen LogP contribution >= 0.6 is 0 Å². The van der Waals surface area contributed by atoms with Crippen LogP contribution in [0, 0.1) is 0 Å². The lowest BCUT2D eigenvalue weighted by Crippen LogP contribution is -2.10. The van der Waals surface area contributed by atoms with E-state index in [9.17, 15) is 4.79 Å². The van der Waals surface area contributed by atoms with Gasteiger partial charge in [0.25, 0.3) is 0 Å². The first-order valence-corrected chi connectivity index (χ1v) is 10.5. The van der Waals surface area contributed by atoms with Gasteiger partial charge in [0.1, 0.15) is 12.4 Å². The first-order valence-electron chi connectivity index (χ1n) is 10.5. The average Bonchev–Trinajstić information content (AvgIpc) is 2.80. The standard InChI is InChI=1S/C27H28O4/c1-3-29-26(27(28)30-4-2)19-23-15-16-24(17-21-11-7-5-8-12-21)25(18-23)31-20-22-13-9-6-10-14-22/h5-16,18-19H,3-4,17,20H2,1-2H3/b26-19-. The van der Waals surface area contributed by atoms with E-state index >= 15 is 0 Å². The highest BCUT2D eigenvalue weighted by molar-refractivity contribution is 5.91. The molecule has 0 amide bonds. The summed E-state index contributed by atoms with van der Waals surface area (Å²) in [7, 11) is 0. The van der Waals surface area contributed by atoms with Crippen molar-refractivity contribution in [2.45, 2.75) is 26.9 Å². The van der Waals surface area contributed by atoms with Crippen LogP contribution in [0.2, 0.25) is 0 Å². The van der Waals surface area contributed by atoms with Gasteiger partial charge in [0.05, 0.1) is 13.2 Å². The highest BCUT2D eigenvalue weighted by Crippen LogP contribution is 2.26. The van der Waals surface area contributed by atoms with Crippen LogP contribution in [0.3, 0.4) is 0 Å². The van der Waals surface area contributed by atoms with Gasteiger partial charge in [0.2, 0.25) is 5.76 Å². The van der Waals surface area contributed by atoms with Gasteiger partial charge in [-0.2, -0.15) is 0 Å². The van der Waals surface area contributed by atoms with E-state index < -0.39 is 5.97 Å². The van der Waals surface area contributed by atoms with Crippen LogP contribution in [0.5, 0.6) is 5.75 Å². The summed E-state index contributed by atoms with van der Waals surface area (Å²) in [6, 6.07) is 26.3. The highest BCUT2D eigenvalue weighted by atomic mass is 16.6. The highest BCUT2D eigenvalue weighted by Gasteiger charge is 2.13. The summed E-state index contributed by atoms with van der Waals surface area (Å²) >= 11 is 0. The second-order valence-electron chi connectivity index (χ2n) is 6.97. The van der Waals surface area contributed by atoms with Crippen LogP contribution in [0.15, 0.2) is 84.6 Å². The van der Waals surface area contributed by atoms with Gasteiger partial charge in [-0.1, -0.05) is 72.8 Å². The number of rotatable bonds is 10. The summed E-state index contributed by atoms with van der Waals surface area (Å²) < 4.78 is 16.8. The van der Waals surface area contributed by atoms with Crippen LogP contribution in [0.4, 0.5) is 0 Å². The average molecular weight is 417 g/mol. The SMILES string of the molecule is CCOC(=O)/C(=C/c1ccc(Cc2ccccc2)c(OCc2ccccc2)c1)OCC. The molecular formula is C27H28O4. The third-order valence-electron chi connectivity index (χ3n) is 4.64. The Labute approximate surface area is 184 Å². The zero-order valence-corrected chi connectivity index (χ0v) is 18.0. The van der Waals surface area contributed by atoms with Gasteiger partial charge >= 0.3 is 5.97 Å². The predicted molar refractivity (Wildman–Crippen MR) is 123 cm³/mol. The van der Waals surface area contributed by atoms with Crippen molar-refractivity contribution in [1.29, 1.82) is 0 Å². The monoisotopic (exact) mass is 416 g/mol. The molecule has 0 aliphatic heterocycles. The second-order valence-corrected chi connectivity index (χ2v) is 6.97. The topological polar surface area (TPSA) is 44.8 Å². The molecule has 0 heterocycles. The molecule has 0 saturated heterocycles. The molecule has 3 rings (SSSR count). The Morgan fingerprint density at radius 2 is 1.45 bits per heavy atom. The molecule has 4 heteroatoms. The van der Waals surface area contributed by atoms with E-state index in [4.69, 9.17) is 14.2 Å².